The van der Waals surface area contributed by atoms with Gasteiger partial charge in [-0.25, -0.2) is 9.07 Å². The topological polar surface area (TPSA) is 59.3 Å². The Morgan fingerprint density at radius 1 is 1.06 bits per heavy atom. The van der Waals surface area contributed by atoms with E-state index in [0.717, 1.165) is 57.0 Å². The van der Waals surface area contributed by atoms with Crippen molar-refractivity contribution in [1.82, 2.24) is 25.1 Å². The Labute approximate surface area is 191 Å². The quantitative estimate of drug-likeness (QED) is 0.565. The number of aromatic nitrogens is 4. The second kappa shape index (κ2) is 9.52. The van der Waals surface area contributed by atoms with E-state index in [1.54, 1.807) is 6.07 Å². The molecule has 2 atom stereocenters. The molecule has 2 aromatic carbocycles. The first kappa shape index (κ1) is 21.3. The summed E-state index contributed by atoms with van der Waals surface area (Å²) in [7, 11) is 0. The third kappa shape index (κ3) is 4.48. The Hall–Kier alpha value is -2.55. The van der Waals surface area contributed by atoms with Crippen molar-refractivity contribution in [3.63, 3.8) is 0 Å². The number of hydrogen-bond donors (Lipinski definition) is 0. The molecule has 0 unspecified atom stereocenters. The summed E-state index contributed by atoms with van der Waals surface area (Å²) in [5.74, 6) is 0.609. The molecule has 2 saturated heterocycles. The lowest BCUT2D eigenvalue weighted by molar-refractivity contribution is 0.0906. The van der Waals surface area contributed by atoms with Gasteiger partial charge in [-0.05, 0) is 53.1 Å². The fraction of sp³-hybridized carbons (Fsp3) is 0.435. The highest BCUT2D eigenvalue weighted by atomic mass is 35.5. The Bertz CT molecular complexity index is 1030. The number of hydrogen-bond acceptors (Lipinski definition) is 6. The molecule has 5 rings (SSSR count). The molecule has 9 heteroatoms. The van der Waals surface area contributed by atoms with Crippen molar-refractivity contribution >= 4 is 17.3 Å². The van der Waals surface area contributed by atoms with Crippen LogP contribution in [0.1, 0.15) is 30.3 Å². The molecule has 1 aromatic heterocycles. The Balaban J connectivity index is 1.40. The number of nitrogens with zero attached hydrogens (tertiary/aromatic N) is 6. The summed E-state index contributed by atoms with van der Waals surface area (Å²) in [6.45, 7) is 4.39. The van der Waals surface area contributed by atoms with Crippen LogP contribution in [0.4, 0.5) is 10.1 Å². The highest BCUT2D eigenvalue weighted by molar-refractivity contribution is 6.30. The van der Waals surface area contributed by atoms with E-state index in [1.807, 2.05) is 41.1 Å². The molecule has 0 saturated carbocycles. The molecule has 3 heterocycles. The van der Waals surface area contributed by atoms with Crippen LogP contribution in [0.25, 0.3) is 0 Å². The number of anilines is 1. The van der Waals surface area contributed by atoms with Gasteiger partial charge in [0.05, 0.1) is 24.4 Å². The normalized spacial score (nSPS) is 20.6. The van der Waals surface area contributed by atoms with Crippen LogP contribution < -0.4 is 4.90 Å². The summed E-state index contributed by atoms with van der Waals surface area (Å²) < 4.78 is 22.0. The van der Waals surface area contributed by atoms with Gasteiger partial charge in [0.25, 0.3) is 0 Å². The molecule has 3 aromatic rings. The van der Waals surface area contributed by atoms with E-state index in [2.05, 4.69) is 25.3 Å². The van der Waals surface area contributed by atoms with Crippen molar-refractivity contribution in [3.05, 3.63) is 70.8 Å². The fourth-order valence-corrected chi connectivity index (χ4v) is 4.74. The summed E-state index contributed by atoms with van der Waals surface area (Å²) in [5, 5.41) is 13.4. The van der Waals surface area contributed by atoms with Gasteiger partial charge >= 0.3 is 0 Å². The number of tetrazole rings is 1. The zero-order valence-corrected chi connectivity index (χ0v) is 18.5. The van der Waals surface area contributed by atoms with Crippen LogP contribution in [-0.4, -0.2) is 64.0 Å². The fourth-order valence-electron chi connectivity index (χ4n) is 4.62. The molecule has 7 nitrogen and oxygen atoms in total. The molecule has 0 N–H and O–H groups in total. The maximum Gasteiger partial charge on any atom is 0.173 e. The molecule has 2 fully saturated rings. The molecule has 0 amide bonds. The lowest BCUT2D eigenvalue weighted by atomic mass is 10.0. The number of benzene rings is 2. The highest BCUT2D eigenvalue weighted by Gasteiger charge is 2.32. The van der Waals surface area contributed by atoms with Crippen molar-refractivity contribution in [2.24, 2.45) is 0 Å². The first-order valence-electron chi connectivity index (χ1n) is 11.1. The molecule has 168 valence electrons. The van der Waals surface area contributed by atoms with Gasteiger partial charge in [0.1, 0.15) is 5.82 Å². The van der Waals surface area contributed by atoms with Gasteiger partial charge < -0.3 is 9.64 Å². The molecular weight excluding hydrogens is 431 g/mol. The minimum absolute atomic E-state index is 0.119. The molecule has 0 aliphatic carbocycles. The molecule has 0 radical (unpaired) electrons. The van der Waals surface area contributed by atoms with Gasteiger partial charge in [-0.3, -0.25) is 4.90 Å². The van der Waals surface area contributed by atoms with Crippen LogP contribution in [0.3, 0.4) is 0 Å². The maximum absolute atomic E-state index is 14.3. The SMILES string of the molecule is Fc1ccccc1N1CCN([C@@H](c2ccc(Cl)cc2)c2nnnn2C[C@@H]2CCCO2)CC1. The third-order valence-corrected chi connectivity index (χ3v) is 6.52. The largest absolute Gasteiger partial charge is 0.376 e. The Kier molecular flexibility index (Phi) is 6.34. The van der Waals surface area contributed by atoms with Crippen LogP contribution in [0.5, 0.6) is 0 Å². The standard InChI is InChI=1S/C23H26ClFN6O/c24-18-9-7-17(8-10-18)22(23-26-27-28-31(23)16-19-4-3-15-32-19)30-13-11-29(12-14-30)21-6-2-1-5-20(21)25/h1-2,5-10,19,22H,3-4,11-16H2/t19-,22-/m0/s1. The molecule has 0 bridgehead atoms. The van der Waals surface area contributed by atoms with Crippen LogP contribution >= 0.6 is 11.6 Å². The van der Waals surface area contributed by atoms with Crippen molar-refractivity contribution in [2.45, 2.75) is 31.5 Å². The lowest BCUT2D eigenvalue weighted by Crippen LogP contribution is -2.48. The lowest BCUT2D eigenvalue weighted by Gasteiger charge is -2.40. The van der Waals surface area contributed by atoms with E-state index in [4.69, 9.17) is 16.3 Å². The van der Waals surface area contributed by atoms with Crippen molar-refractivity contribution in [3.8, 4) is 0 Å². The molecular formula is C23H26ClFN6O. The zero-order chi connectivity index (χ0) is 21.9. The minimum Gasteiger partial charge on any atom is -0.376 e. The predicted octanol–water partition coefficient (Wildman–Crippen LogP) is 3.56. The second-order valence-corrected chi connectivity index (χ2v) is 8.72. The van der Waals surface area contributed by atoms with E-state index >= 15 is 0 Å². The Morgan fingerprint density at radius 3 is 2.56 bits per heavy atom. The molecule has 2 aliphatic heterocycles. The van der Waals surface area contributed by atoms with E-state index in [0.29, 0.717) is 17.3 Å². The van der Waals surface area contributed by atoms with E-state index in [-0.39, 0.29) is 18.0 Å². The monoisotopic (exact) mass is 456 g/mol. The van der Waals surface area contributed by atoms with Crippen LogP contribution in [0.2, 0.25) is 5.02 Å². The van der Waals surface area contributed by atoms with Gasteiger partial charge in [0, 0.05) is 37.8 Å². The highest BCUT2D eigenvalue weighted by Crippen LogP contribution is 2.31. The van der Waals surface area contributed by atoms with Crippen LogP contribution in [0, 0.1) is 5.82 Å². The van der Waals surface area contributed by atoms with Gasteiger partial charge in [-0.1, -0.05) is 35.9 Å². The van der Waals surface area contributed by atoms with Crippen molar-refractivity contribution < 1.29 is 9.13 Å². The van der Waals surface area contributed by atoms with Crippen molar-refractivity contribution in [2.75, 3.05) is 37.7 Å². The van der Waals surface area contributed by atoms with E-state index in [1.165, 1.54) is 6.07 Å². The summed E-state index contributed by atoms with van der Waals surface area (Å²) in [6, 6.07) is 14.7. The average Bonchev–Trinajstić information content (AvgIpc) is 3.49. The van der Waals surface area contributed by atoms with Crippen molar-refractivity contribution in [1.29, 1.82) is 0 Å². The zero-order valence-electron chi connectivity index (χ0n) is 17.8. The Morgan fingerprint density at radius 2 is 1.84 bits per heavy atom. The first-order valence-corrected chi connectivity index (χ1v) is 11.4. The van der Waals surface area contributed by atoms with Gasteiger partial charge in [-0.15, -0.1) is 5.10 Å². The number of para-hydroxylation sites is 1. The predicted molar refractivity (Wildman–Crippen MR) is 120 cm³/mol. The molecule has 2 aliphatic rings. The number of ether oxygens (including phenoxy) is 1. The number of piperazine rings is 1. The molecule has 32 heavy (non-hydrogen) atoms. The van der Waals surface area contributed by atoms with Crippen LogP contribution in [-0.2, 0) is 11.3 Å². The minimum atomic E-state index is -0.185. The number of rotatable bonds is 6. The summed E-state index contributed by atoms with van der Waals surface area (Å²) >= 11 is 6.16. The van der Waals surface area contributed by atoms with Gasteiger partial charge in [0.15, 0.2) is 5.82 Å². The summed E-state index contributed by atoms with van der Waals surface area (Å²) in [5.41, 5.74) is 1.73. The third-order valence-electron chi connectivity index (χ3n) is 6.26. The summed E-state index contributed by atoms with van der Waals surface area (Å²) in [4.78, 5) is 4.46. The first-order chi connectivity index (χ1) is 15.7. The summed E-state index contributed by atoms with van der Waals surface area (Å²) in [6.07, 6.45) is 2.23. The van der Waals surface area contributed by atoms with E-state index < -0.39 is 0 Å². The number of halogens is 2. The average molecular weight is 457 g/mol. The van der Waals surface area contributed by atoms with Gasteiger partial charge in [-0.2, -0.15) is 0 Å². The van der Waals surface area contributed by atoms with Crippen LogP contribution in [0.15, 0.2) is 48.5 Å². The molecule has 0 spiro atoms. The smallest absolute Gasteiger partial charge is 0.173 e. The van der Waals surface area contributed by atoms with Gasteiger partial charge in [0.2, 0.25) is 0 Å². The maximum atomic E-state index is 14.3. The second-order valence-electron chi connectivity index (χ2n) is 8.28. The van der Waals surface area contributed by atoms with E-state index in [9.17, 15) is 4.39 Å².